The third kappa shape index (κ3) is 3.44. The lowest BCUT2D eigenvalue weighted by molar-refractivity contribution is 0.335. The molecule has 0 bridgehead atoms. The zero-order chi connectivity index (χ0) is 16.2. The standard InChI is InChI=1S/C15H20ClN3O2S/c1-2-18(11-6-10-17)22(20,21)19-12-5-9-15(19)13-7-3-4-8-14(13)16/h3-4,7-8,15H,2,5-6,9,11-12H2,1H3/t15-/m0/s1. The first kappa shape index (κ1) is 17.2. The highest BCUT2D eigenvalue weighted by Gasteiger charge is 2.38. The highest BCUT2D eigenvalue weighted by Crippen LogP contribution is 2.38. The van der Waals surface area contributed by atoms with Gasteiger partial charge in [-0.05, 0) is 24.5 Å². The van der Waals surface area contributed by atoms with E-state index in [4.69, 9.17) is 16.9 Å². The molecule has 1 saturated heterocycles. The van der Waals surface area contributed by atoms with Crippen LogP contribution < -0.4 is 0 Å². The number of hydrogen-bond donors (Lipinski definition) is 0. The minimum Gasteiger partial charge on any atom is -0.198 e. The van der Waals surface area contributed by atoms with Crippen LogP contribution in [0.3, 0.4) is 0 Å². The second kappa shape index (κ2) is 7.42. The molecule has 2 rings (SSSR count). The third-order valence-corrected chi connectivity index (χ3v) is 6.38. The van der Waals surface area contributed by atoms with Crippen molar-refractivity contribution in [3.8, 4) is 6.07 Å². The van der Waals surface area contributed by atoms with E-state index in [1.165, 1.54) is 8.61 Å². The zero-order valence-electron chi connectivity index (χ0n) is 12.6. The van der Waals surface area contributed by atoms with Crippen molar-refractivity contribution >= 4 is 21.8 Å². The summed E-state index contributed by atoms with van der Waals surface area (Å²) in [6, 6.07) is 9.15. The summed E-state index contributed by atoms with van der Waals surface area (Å²) in [6.07, 6.45) is 1.77. The van der Waals surface area contributed by atoms with Gasteiger partial charge in [-0.1, -0.05) is 36.7 Å². The fourth-order valence-electron chi connectivity index (χ4n) is 2.83. The first-order chi connectivity index (χ1) is 10.5. The van der Waals surface area contributed by atoms with Crippen LogP contribution in [0.5, 0.6) is 0 Å². The van der Waals surface area contributed by atoms with Crippen molar-refractivity contribution in [2.45, 2.75) is 32.2 Å². The van der Waals surface area contributed by atoms with E-state index in [-0.39, 0.29) is 19.0 Å². The van der Waals surface area contributed by atoms with Crippen molar-refractivity contribution in [2.24, 2.45) is 0 Å². The molecule has 5 nitrogen and oxygen atoms in total. The summed E-state index contributed by atoms with van der Waals surface area (Å²) in [7, 11) is -3.58. The first-order valence-electron chi connectivity index (χ1n) is 7.40. The molecule has 1 aliphatic heterocycles. The highest BCUT2D eigenvalue weighted by atomic mass is 35.5. The Bertz CT molecular complexity index is 657. The predicted octanol–water partition coefficient (Wildman–Crippen LogP) is 2.96. The third-order valence-electron chi connectivity index (χ3n) is 3.92. The van der Waals surface area contributed by atoms with E-state index in [1.807, 2.05) is 24.3 Å². The Labute approximate surface area is 137 Å². The average molecular weight is 342 g/mol. The van der Waals surface area contributed by atoms with Crippen molar-refractivity contribution in [2.75, 3.05) is 19.6 Å². The van der Waals surface area contributed by atoms with Crippen LogP contribution >= 0.6 is 11.6 Å². The SMILES string of the molecule is CCN(CCC#N)S(=O)(=O)N1CCC[C@H]1c1ccccc1Cl. The molecule has 1 heterocycles. The lowest BCUT2D eigenvalue weighted by atomic mass is 10.1. The molecule has 1 atom stereocenters. The fraction of sp³-hybridized carbons (Fsp3) is 0.533. The van der Waals surface area contributed by atoms with Crippen LogP contribution in [0.15, 0.2) is 24.3 Å². The molecular formula is C15H20ClN3O2S. The van der Waals surface area contributed by atoms with Crippen LogP contribution in [-0.4, -0.2) is 36.7 Å². The predicted molar refractivity (Wildman–Crippen MR) is 86.5 cm³/mol. The lowest BCUT2D eigenvalue weighted by Crippen LogP contribution is -2.43. The van der Waals surface area contributed by atoms with Gasteiger partial charge in [-0.25, -0.2) is 0 Å². The van der Waals surface area contributed by atoms with Gasteiger partial charge in [0.05, 0.1) is 12.1 Å². The van der Waals surface area contributed by atoms with Crippen LogP contribution in [0.4, 0.5) is 0 Å². The van der Waals surface area contributed by atoms with Crippen molar-refractivity contribution in [1.29, 1.82) is 5.26 Å². The Morgan fingerprint density at radius 1 is 1.45 bits per heavy atom. The van der Waals surface area contributed by atoms with E-state index in [2.05, 4.69) is 0 Å². The normalized spacial score (nSPS) is 19.5. The Hall–Kier alpha value is -1.13. The van der Waals surface area contributed by atoms with Crippen molar-refractivity contribution in [1.82, 2.24) is 8.61 Å². The maximum atomic E-state index is 12.9. The molecule has 1 aliphatic rings. The summed E-state index contributed by atoms with van der Waals surface area (Å²) in [5.74, 6) is 0. The summed E-state index contributed by atoms with van der Waals surface area (Å²) >= 11 is 6.24. The molecule has 7 heteroatoms. The molecule has 0 radical (unpaired) electrons. The summed E-state index contributed by atoms with van der Waals surface area (Å²) in [4.78, 5) is 0. The maximum Gasteiger partial charge on any atom is 0.282 e. The molecule has 0 unspecified atom stereocenters. The van der Waals surface area contributed by atoms with E-state index in [0.29, 0.717) is 18.1 Å². The van der Waals surface area contributed by atoms with Gasteiger partial charge in [0.1, 0.15) is 0 Å². The number of nitriles is 1. The van der Waals surface area contributed by atoms with Gasteiger partial charge in [0.25, 0.3) is 10.2 Å². The monoisotopic (exact) mass is 341 g/mol. The van der Waals surface area contributed by atoms with Gasteiger partial charge in [-0.15, -0.1) is 0 Å². The Morgan fingerprint density at radius 3 is 2.82 bits per heavy atom. The molecule has 1 aromatic carbocycles. The van der Waals surface area contributed by atoms with Gasteiger partial charge in [0.15, 0.2) is 0 Å². The fourth-order valence-corrected chi connectivity index (χ4v) is 4.94. The molecule has 0 aliphatic carbocycles. The molecule has 0 aromatic heterocycles. The van der Waals surface area contributed by atoms with E-state index in [1.54, 1.807) is 13.0 Å². The smallest absolute Gasteiger partial charge is 0.198 e. The van der Waals surface area contributed by atoms with Crippen LogP contribution in [0.25, 0.3) is 0 Å². The summed E-state index contributed by atoms with van der Waals surface area (Å²) in [5, 5.41) is 9.30. The summed E-state index contributed by atoms with van der Waals surface area (Å²) in [6.45, 7) is 2.85. The van der Waals surface area contributed by atoms with Crippen molar-refractivity contribution in [3.05, 3.63) is 34.9 Å². The molecule has 0 spiro atoms. The first-order valence-corrected chi connectivity index (χ1v) is 9.18. The molecule has 0 saturated carbocycles. The second-order valence-corrected chi connectivity index (χ2v) is 7.49. The molecule has 1 fully saturated rings. The van der Waals surface area contributed by atoms with Crippen LogP contribution in [0.1, 0.15) is 37.8 Å². The number of halogens is 1. The van der Waals surface area contributed by atoms with Gasteiger partial charge >= 0.3 is 0 Å². The highest BCUT2D eigenvalue weighted by molar-refractivity contribution is 7.86. The van der Waals surface area contributed by atoms with Gasteiger partial charge in [-0.2, -0.15) is 22.3 Å². The zero-order valence-corrected chi connectivity index (χ0v) is 14.1. The van der Waals surface area contributed by atoms with E-state index < -0.39 is 10.2 Å². The van der Waals surface area contributed by atoms with Gasteiger partial charge in [0.2, 0.25) is 0 Å². The molecule has 0 N–H and O–H groups in total. The number of rotatable bonds is 6. The average Bonchev–Trinajstić information content (AvgIpc) is 2.98. The second-order valence-electron chi connectivity index (χ2n) is 5.20. The lowest BCUT2D eigenvalue weighted by Gasteiger charge is -2.30. The summed E-state index contributed by atoms with van der Waals surface area (Å²) in [5.41, 5.74) is 0.849. The van der Waals surface area contributed by atoms with Gasteiger partial charge in [0, 0.05) is 31.1 Å². The van der Waals surface area contributed by atoms with E-state index in [9.17, 15) is 8.42 Å². The van der Waals surface area contributed by atoms with Crippen molar-refractivity contribution in [3.63, 3.8) is 0 Å². The molecule has 22 heavy (non-hydrogen) atoms. The molecule has 0 amide bonds. The van der Waals surface area contributed by atoms with Gasteiger partial charge in [-0.3, -0.25) is 0 Å². The van der Waals surface area contributed by atoms with Gasteiger partial charge < -0.3 is 0 Å². The quantitative estimate of drug-likeness (QED) is 0.799. The Balaban J connectivity index is 2.30. The molecule has 1 aromatic rings. The molecular weight excluding hydrogens is 322 g/mol. The van der Waals surface area contributed by atoms with Crippen LogP contribution in [0.2, 0.25) is 5.02 Å². The van der Waals surface area contributed by atoms with Crippen molar-refractivity contribution < 1.29 is 8.42 Å². The number of nitrogens with zero attached hydrogens (tertiary/aromatic N) is 3. The topological polar surface area (TPSA) is 64.4 Å². The number of hydrogen-bond acceptors (Lipinski definition) is 3. The van der Waals surface area contributed by atoms with E-state index >= 15 is 0 Å². The molecule has 120 valence electrons. The Morgan fingerprint density at radius 2 is 2.18 bits per heavy atom. The minimum atomic E-state index is -3.58. The largest absolute Gasteiger partial charge is 0.282 e. The Kier molecular flexibility index (Phi) is 5.81. The minimum absolute atomic E-state index is 0.192. The van der Waals surface area contributed by atoms with E-state index in [0.717, 1.165) is 18.4 Å². The number of benzene rings is 1. The van der Waals surface area contributed by atoms with Crippen LogP contribution in [0, 0.1) is 11.3 Å². The van der Waals surface area contributed by atoms with Crippen LogP contribution in [-0.2, 0) is 10.2 Å². The summed E-state index contributed by atoms with van der Waals surface area (Å²) < 4.78 is 28.6. The maximum absolute atomic E-state index is 12.9.